The summed E-state index contributed by atoms with van der Waals surface area (Å²) in [5.74, 6) is 0.971. The van der Waals surface area contributed by atoms with Gasteiger partial charge in [0.25, 0.3) is 0 Å². The van der Waals surface area contributed by atoms with Gasteiger partial charge >= 0.3 is 0 Å². The maximum atomic E-state index is 12.0. The fraction of sp³-hybridized carbons (Fsp3) is 0.667. The predicted octanol–water partition coefficient (Wildman–Crippen LogP) is 3.07. The molecule has 2 aliphatic rings. The fourth-order valence-corrected chi connectivity index (χ4v) is 4.19. The molecule has 2 aliphatic heterocycles. The quantitative estimate of drug-likeness (QED) is 0.841. The Morgan fingerprint density at radius 3 is 2.52 bits per heavy atom. The Balaban J connectivity index is 1.53. The van der Waals surface area contributed by atoms with Gasteiger partial charge in [0.05, 0.1) is 0 Å². The van der Waals surface area contributed by atoms with E-state index in [4.69, 9.17) is 0 Å². The molecule has 4 nitrogen and oxygen atoms in total. The molecule has 0 aromatic heterocycles. The Kier molecular flexibility index (Phi) is 5.67. The number of rotatable bonds is 4. The summed E-state index contributed by atoms with van der Waals surface area (Å²) in [6.07, 6.45) is 1.78. The van der Waals surface area contributed by atoms with Crippen molar-refractivity contribution in [3.05, 3.63) is 29.3 Å². The highest BCUT2D eigenvalue weighted by atomic mass is 16.2. The van der Waals surface area contributed by atoms with Crippen LogP contribution in [-0.2, 0) is 4.79 Å². The Hall–Kier alpha value is -1.55. The number of aryl methyl sites for hydroxylation is 2. The van der Waals surface area contributed by atoms with Crippen LogP contribution in [0, 0.1) is 19.8 Å². The van der Waals surface area contributed by atoms with Gasteiger partial charge in [-0.3, -0.25) is 9.69 Å². The largest absolute Gasteiger partial charge is 0.369 e. The molecule has 1 atom stereocenters. The zero-order chi connectivity index (χ0) is 18.0. The topological polar surface area (TPSA) is 26.8 Å². The lowest BCUT2D eigenvalue weighted by Crippen LogP contribution is -2.51. The summed E-state index contributed by atoms with van der Waals surface area (Å²) < 4.78 is 0. The Morgan fingerprint density at radius 1 is 1.12 bits per heavy atom. The lowest BCUT2D eigenvalue weighted by molar-refractivity contribution is -0.136. The van der Waals surface area contributed by atoms with E-state index >= 15 is 0 Å². The molecule has 1 unspecified atom stereocenters. The molecule has 0 saturated carbocycles. The minimum atomic E-state index is 0.330. The van der Waals surface area contributed by atoms with E-state index in [1.165, 1.54) is 16.8 Å². The van der Waals surface area contributed by atoms with Crippen LogP contribution in [0.3, 0.4) is 0 Å². The highest BCUT2D eigenvalue weighted by molar-refractivity contribution is 5.77. The van der Waals surface area contributed by atoms with Crippen LogP contribution in [0.5, 0.6) is 0 Å². The van der Waals surface area contributed by atoms with Crippen molar-refractivity contribution in [1.29, 1.82) is 0 Å². The second-order valence-corrected chi connectivity index (χ2v) is 8.12. The SMILES string of the molecule is Cc1ccc(C)c(N2CCN(CC3CCC(=O)N(C(C)C)C3)CC2)c1. The third kappa shape index (κ3) is 4.35. The van der Waals surface area contributed by atoms with Gasteiger partial charge in [-0.2, -0.15) is 0 Å². The molecule has 2 saturated heterocycles. The number of hydrogen-bond acceptors (Lipinski definition) is 3. The smallest absolute Gasteiger partial charge is 0.222 e. The van der Waals surface area contributed by atoms with Gasteiger partial charge in [-0.25, -0.2) is 0 Å². The average molecular weight is 344 g/mol. The Labute approximate surface area is 152 Å². The summed E-state index contributed by atoms with van der Waals surface area (Å²) in [6.45, 7) is 15.2. The van der Waals surface area contributed by atoms with Crippen LogP contribution in [0.15, 0.2) is 18.2 Å². The molecular formula is C21H33N3O. The van der Waals surface area contributed by atoms with Gasteiger partial charge in [-0.1, -0.05) is 12.1 Å². The Bertz CT molecular complexity index is 605. The third-order valence-electron chi connectivity index (χ3n) is 5.76. The Morgan fingerprint density at radius 2 is 1.84 bits per heavy atom. The minimum absolute atomic E-state index is 0.330. The molecule has 0 spiro atoms. The van der Waals surface area contributed by atoms with Crippen molar-refractivity contribution in [2.75, 3.05) is 44.2 Å². The normalized spacial score (nSPS) is 22.8. The molecule has 2 fully saturated rings. The molecule has 4 heteroatoms. The molecule has 1 aromatic rings. The molecule has 3 rings (SSSR count). The minimum Gasteiger partial charge on any atom is -0.369 e. The lowest BCUT2D eigenvalue weighted by Gasteiger charge is -2.41. The number of nitrogens with zero attached hydrogens (tertiary/aromatic N) is 3. The van der Waals surface area contributed by atoms with Crippen molar-refractivity contribution < 1.29 is 4.79 Å². The molecule has 25 heavy (non-hydrogen) atoms. The molecule has 0 bridgehead atoms. The van der Waals surface area contributed by atoms with E-state index in [1.54, 1.807) is 0 Å². The zero-order valence-corrected chi connectivity index (χ0v) is 16.3. The van der Waals surface area contributed by atoms with Crippen molar-refractivity contribution >= 4 is 11.6 Å². The number of benzene rings is 1. The second kappa shape index (κ2) is 7.77. The maximum absolute atomic E-state index is 12.0. The first kappa shape index (κ1) is 18.2. The van der Waals surface area contributed by atoms with Gasteiger partial charge in [0.15, 0.2) is 0 Å². The van der Waals surface area contributed by atoms with E-state index in [1.807, 2.05) is 0 Å². The van der Waals surface area contributed by atoms with Crippen molar-refractivity contribution in [1.82, 2.24) is 9.80 Å². The maximum Gasteiger partial charge on any atom is 0.222 e. The summed E-state index contributed by atoms with van der Waals surface area (Å²) in [6, 6.07) is 7.07. The number of piperazine rings is 1. The molecule has 0 N–H and O–H groups in total. The fourth-order valence-electron chi connectivity index (χ4n) is 4.19. The highest BCUT2D eigenvalue weighted by Gasteiger charge is 2.29. The van der Waals surface area contributed by atoms with E-state index in [0.717, 1.165) is 52.1 Å². The van der Waals surface area contributed by atoms with Crippen LogP contribution < -0.4 is 4.90 Å². The first-order chi connectivity index (χ1) is 11.9. The van der Waals surface area contributed by atoms with Crippen LogP contribution >= 0.6 is 0 Å². The van der Waals surface area contributed by atoms with Gasteiger partial charge in [-0.15, -0.1) is 0 Å². The van der Waals surface area contributed by atoms with E-state index in [-0.39, 0.29) is 0 Å². The van der Waals surface area contributed by atoms with E-state index in [0.29, 0.717) is 17.9 Å². The number of anilines is 1. The molecule has 138 valence electrons. The number of likely N-dealkylation sites (tertiary alicyclic amines) is 1. The number of piperidine rings is 1. The molecule has 1 aromatic carbocycles. The van der Waals surface area contributed by atoms with Gasteiger partial charge in [-0.05, 0) is 57.2 Å². The van der Waals surface area contributed by atoms with E-state index in [9.17, 15) is 4.79 Å². The van der Waals surface area contributed by atoms with Crippen LogP contribution in [0.4, 0.5) is 5.69 Å². The molecule has 2 heterocycles. The summed E-state index contributed by atoms with van der Waals surface area (Å²) in [7, 11) is 0. The lowest BCUT2D eigenvalue weighted by atomic mass is 9.95. The van der Waals surface area contributed by atoms with Crippen LogP contribution in [0.2, 0.25) is 0 Å². The van der Waals surface area contributed by atoms with Crippen molar-refractivity contribution in [3.63, 3.8) is 0 Å². The number of hydrogen-bond donors (Lipinski definition) is 0. The highest BCUT2D eigenvalue weighted by Crippen LogP contribution is 2.24. The number of carbonyl (C=O) groups excluding carboxylic acids is 1. The van der Waals surface area contributed by atoms with Gasteiger partial charge in [0.2, 0.25) is 5.91 Å². The molecule has 0 aliphatic carbocycles. The van der Waals surface area contributed by atoms with Gasteiger partial charge < -0.3 is 9.80 Å². The van der Waals surface area contributed by atoms with Crippen molar-refractivity contribution in [2.45, 2.75) is 46.6 Å². The number of amides is 1. The van der Waals surface area contributed by atoms with E-state index in [2.05, 4.69) is 60.6 Å². The monoisotopic (exact) mass is 343 g/mol. The van der Waals surface area contributed by atoms with Crippen molar-refractivity contribution in [2.24, 2.45) is 5.92 Å². The first-order valence-electron chi connectivity index (χ1n) is 9.78. The first-order valence-corrected chi connectivity index (χ1v) is 9.78. The summed E-state index contributed by atoms with van der Waals surface area (Å²) >= 11 is 0. The average Bonchev–Trinajstić information content (AvgIpc) is 2.59. The molecule has 1 amide bonds. The van der Waals surface area contributed by atoms with Crippen LogP contribution in [-0.4, -0.2) is 61.0 Å². The second-order valence-electron chi connectivity index (χ2n) is 8.12. The number of carbonyl (C=O) groups is 1. The molecular weight excluding hydrogens is 310 g/mol. The van der Waals surface area contributed by atoms with Crippen LogP contribution in [0.1, 0.15) is 37.8 Å². The zero-order valence-electron chi connectivity index (χ0n) is 16.3. The van der Waals surface area contributed by atoms with E-state index < -0.39 is 0 Å². The van der Waals surface area contributed by atoms with Gasteiger partial charge in [0, 0.05) is 57.4 Å². The molecule has 0 radical (unpaired) electrons. The van der Waals surface area contributed by atoms with Crippen molar-refractivity contribution in [3.8, 4) is 0 Å². The standard InChI is InChI=1S/C21H33N3O/c1-16(2)24-15-19(7-8-21(24)25)14-22-9-11-23(12-10-22)20-13-17(3)5-6-18(20)4/h5-6,13,16,19H,7-12,14-15H2,1-4H3. The van der Waals surface area contributed by atoms with Crippen LogP contribution in [0.25, 0.3) is 0 Å². The van der Waals surface area contributed by atoms with Gasteiger partial charge in [0.1, 0.15) is 0 Å². The summed E-state index contributed by atoms with van der Waals surface area (Å²) in [5.41, 5.74) is 4.11. The third-order valence-corrected chi connectivity index (χ3v) is 5.76. The predicted molar refractivity (Wildman–Crippen MR) is 104 cm³/mol. The summed E-state index contributed by atoms with van der Waals surface area (Å²) in [4.78, 5) is 19.2. The summed E-state index contributed by atoms with van der Waals surface area (Å²) in [5, 5.41) is 0.